The zero-order valence-electron chi connectivity index (χ0n) is 15.7. The van der Waals surface area contributed by atoms with Crippen molar-refractivity contribution in [1.29, 1.82) is 0 Å². The summed E-state index contributed by atoms with van der Waals surface area (Å²) in [4.78, 5) is 51.3. The van der Waals surface area contributed by atoms with E-state index < -0.39 is 22.7 Å². The van der Waals surface area contributed by atoms with Crippen LogP contribution in [-0.2, 0) is 20.9 Å². The molecule has 1 saturated carbocycles. The molecule has 0 amide bonds. The van der Waals surface area contributed by atoms with Gasteiger partial charge in [0.1, 0.15) is 18.0 Å². The van der Waals surface area contributed by atoms with E-state index in [9.17, 15) is 24.5 Å². The number of rotatable bonds is 6. The van der Waals surface area contributed by atoms with Gasteiger partial charge in [0.25, 0.3) is 5.56 Å². The van der Waals surface area contributed by atoms with Crippen molar-refractivity contribution in [1.82, 2.24) is 9.38 Å². The summed E-state index contributed by atoms with van der Waals surface area (Å²) >= 11 is 0. The molecule has 0 radical (unpaired) electrons. The molecule has 3 rings (SSSR count). The third-order valence-corrected chi connectivity index (χ3v) is 5.25. The van der Waals surface area contributed by atoms with Gasteiger partial charge in [0, 0.05) is 35.4 Å². The monoisotopic (exact) mass is 387 g/mol. The highest BCUT2D eigenvalue weighted by Gasteiger charge is 2.44. The number of pyridine rings is 1. The van der Waals surface area contributed by atoms with E-state index in [1.54, 1.807) is 19.2 Å². The molecule has 0 spiro atoms. The molecule has 28 heavy (non-hydrogen) atoms. The lowest BCUT2D eigenvalue weighted by molar-refractivity contribution is -0.490. The number of nitro groups is 1. The molecule has 2 aromatic rings. The maximum Gasteiger partial charge on any atom is 0.306 e. The van der Waals surface area contributed by atoms with Crippen LogP contribution in [0.5, 0.6) is 0 Å². The van der Waals surface area contributed by atoms with E-state index in [0.717, 1.165) is 5.56 Å². The Morgan fingerprint density at radius 1 is 1.43 bits per heavy atom. The molecule has 2 heterocycles. The molecular weight excluding hydrogens is 366 g/mol. The maximum absolute atomic E-state index is 12.2. The zero-order valence-corrected chi connectivity index (χ0v) is 15.7. The van der Waals surface area contributed by atoms with Gasteiger partial charge >= 0.3 is 5.97 Å². The van der Waals surface area contributed by atoms with Gasteiger partial charge in [-0.2, -0.15) is 0 Å². The first kappa shape index (κ1) is 19.7. The first-order valence-corrected chi connectivity index (χ1v) is 9.04. The predicted octanol–water partition coefficient (Wildman–Crippen LogP) is 1.55. The second-order valence-corrected chi connectivity index (χ2v) is 7.27. The van der Waals surface area contributed by atoms with Gasteiger partial charge in [-0.15, -0.1) is 0 Å². The summed E-state index contributed by atoms with van der Waals surface area (Å²) in [5, 5.41) is 10.9. The summed E-state index contributed by atoms with van der Waals surface area (Å²) in [5.74, 6) is -2.09. The third-order valence-electron chi connectivity index (χ3n) is 5.25. The number of ether oxygens (including phenoxy) is 1. The van der Waals surface area contributed by atoms with Gasteiger partial charge in [0.15, 0.2) is 0 Å². The number of nitrogens with zero attached hydrogens (tertiary/aromatic N) is 3. The highest BCUT2D eigenvalue weighted by atomic mass is 16.6. The van der Waals surface area contributed by atoms with Gasteiger partial charge in [0.2, 0.25) is 6.54 Å². The van der Waals surface area contributed by atoms with Crippen LogP contribution < -0.4 is 5.56 Å². The van der Waals surface area contributed by atoms with Crippen LogP contribution in [0.25, 0.3) is 5.65 Å². The first-order valence-electron chi connectivity index (χ1n) is 9.04. The van der Waals surface area contributed by atoms with Crippen molar-refractivity contribution >= 4 is 17.4 Å². The molecule has 1 aliphatic carbocycles. The predicted molar refractivity (Wildman–Crippen MR) is 98.2 cm³/mol. The van der Waals surface area contributed by atoms with Gasteiger partial charge in [-0.25, -0.2) is 4.98 Å². The molecule has 0 saturated heterocycles. The SMILES string of the molecule is Cc1cccn2c(=O)cc(COC(=O)C[C@@H]3C(=O)C[C@@H](C)[C@@H]3C[N+](=O)[O-])nc12. The summed E-state index contributed by atoms with van der Waals surface area (Å²) in [7, 11) is 0. The summed E-state index contributed by atoms with van der Waals surface area (Å²) in [6.45, 7) is 3.06. The van der Waals surface area contributed by atoms with E-state index in [2.05, 4.69) is 4.98 Å². The Hall–Kier alpha value is -3.10. The fourth-order valence-corrected chi connectivity index (χ4v) is 3.78. The van der Waals surface area contributed by atoms with Crippen LogP contribution in [0.2, 0.25) is 0 Å². The summed E-state index contributed by atoms with van der Waals surface area (Å²) < 4.78 is 6.60. The van der Waals surface area contributed by atoms with E-state index >= 15 is 0 Å². The Balaban J connectivity index is 1.68. The number of carbonyl (C=O) groups excluding carboxylic acids is 2. The molecular formula is C19H21N3O6. The number of fused-ring (bicyclic) bond motifs is 1. The lowest BCUT2D eigenvalue weighted by Gasteiger charge is -2.17. The average Bonchev–Trinajstić information content (AvgIpc) is 2.87. The lowest BCUT2D eigenvalue weighted by atomic mass is 9.88. The molecule has 0 aliphatic heterocycles. The fourth-order valence-electron chi connectivity index (χ4n) is 3.78. The van der Waals surface area contributed by atoms with E-state index in [1.165, 1.54) is 10.5 Å². The second-order valence-electron chi connectivity index (χ2n) is 7.27. The molecule has 3 atom stereocenters. The fraction of sp³-hybridized carbons (Fsp3) is 0.474. The molecule has 0 aromatic carbocycles. The van der Waals surface area contributed by atoms with Crippen LogP contribution in [0.15, 0.2) is 29.2 Å². The van der Waals surface area contributed by atoms with Crippen molar-refractivity contribution in [3.05, 3.63) is 56.1 Å². The quantitative estimate of drug-likeness (QED) is 0.419. The molecule has 1 aliphatic rings. The highest BCUT2D eigenvalue weighted by molar-refractivity contribution is 5.87. The van der Waals surface area contributed by atoms with Crippen molar-refractivity contribution in [3.8, 4) is 0 Å². The first-order chi connectivity index (χ1) is 13.3. The molecule has 0 unspecified atom stereocenters. The van der Waals surface area contributed by atoms with E-state index in [-0.39, 0.29) is 43.3 Å². The molecule has 0 N–H and O–H groups in total. The van der Waals surface area contributed by atoms with Gasteiger partial charge in [0.05, 0.1) is 12.1 Å². The van der Waals surface area contributed by atoms with E-state index in [1.807, 2.05) is 13.0 Å². The second kappa shape index (κ2) is 7.87. The van der Waals surface area contributed by atoms with Crippen LogP contribution in [0, 0.1) is 34.8 Å². The van der Waals surface area contributed by atoms with Crippen LogP contribution >= 0.6 is 0 Å². The largest absolute Gasteiger partial charge is 0.459 e. The Morgan fingerprint density at radius 3 is 2.89 bits per heavy atom. The number of aryl methyl sites for hydroxylation is 1. The minimum atomic E-state index is -0.703. The topological polar surface area (TPSA) is 121 Å². The standard InChI is InChI=1S/C19H21N3O6/c1-11-4-3-5-21-17(24)7-13(20-19(11)21)10-28-18(25)8-14-15(9-22(26)27)12(2)6-16(14)23/h3-5,7,12,14-15H,6,8-10H2,1-2H3/t12-,14+,15+/m1/s1. The number of hydrogen-bond acceptors (Lipinski definition) is 7. The third kappa shape index (κ3) is 4.08. The van der Waals surface area contributed by atoms with Crippen LogP contribution in [-0.4, -0.2) is 32.6 Å². The minimum absolute atomic E-state index is 0.138. The van der Waals surface area contributed by atoms with Crippen LogP contribution in [0.1, 0.15) is 31.0 Å². The van der Waals surface area contributed by atoms with Gasteiger partial charge in [-0.1, -0.05) is 13.0 Å². The number of Topliss-reactive ketones (excluding diaryl/α,β-unsaturated/α-hetero) is 1. The van der Waals surface area contributed by atoms with Gasteiger partial charge in [-0.3, -0.25) is 28.9 Å². The molecule has 148 valence electrons. The molecule has 9 heteroatoms. The minimum Gasteiger partial charge on any atom is -0.459 e. The van der Waals surface area contributed by atoms with Gasteiger partial charge < -0.3 is 4.74 Å². The van der Waals surface area contributed by atoms with E-state index in [4.69, 9.17) is 4.74 Å². The lowest BCUT2D eigenvalue weighted by Crippen LogP contribution is -2.27. The Labute approximate surface area is 160 Å². The van der Waals surface area contributed by atoms with Crippen LogP contribution in [0.3, 0.4) is 0 Å². The zero-order chi connectivity index (χ0) is 20.4. The van der Waals surface area contributed by atoms with Crippen molar-refractivity contribution in [3.63, 3.8) is 0 Å². The van der Waals surface area contributed by atoms with Crippen molar-refractivity contribution in [2.45, 2.75) is 33.3 Å². The van der Waals surface area contributed by atoms with Gasteiger partial charge in [-0.05, 0) is 24.5 Å². The molecule has 1 fully saturated rings. The van der Waals surface area contributed by atoms with E-state index in [0.29, 0.717) is 11.3 Å². The maximum atomic E-state index is 12.2. The molecule has 0 bridgehead atoms. The molecule has 9 nitrogen and oxygen atoms in total. The summed E-state index contributed by atoms with van der Waals surface area (Å²) in [6, 6.07) is 4.85. The smallest absolute Gasteiger partial charge is 0.306 e. The Kier molecular flexibility index (Phi) is 5.53. The average molecular weight is 387 g/mol. The number of aromatic nitrogens is 2. The van der Waals surface area contributed by atoms with Crippen molar-refractivity contribution in [2.75, 3.05) is 6.54 Å². The number of ketones is 1. The van der Waals surface area contributed by atoms with Crippen LogP contribution in [0.4, 0.5) is 0 Å². The Bertz CT molecular complexity index is 999. The number of hydrogen-bond donors (Lipinski definition) is 0. The number of carbonyl (C=O) groups is 2. The number of esters is 1. The Morgan fingerprint density at radius 2 is 2.18 bits per heavy atom. The van der Waals surface area contributed by atoms with Crippen molar-refractivity contribution in [2.24, 2.45) is 17.8 Å². The molecule has 2 aromatic heterocycles. The highest BCUT2D eigenvalue weighted by Crippen LogP contribution is 2.36. The normalized spacial score (nSPS) is 21.8. The van der Waals surface area contributed by atoms with Crippen molar-refractivity contribution < 1.29 is 19.2 Å². The summed E-state index contributed by atoms with van der Waals surface area (Å²) in [6.07, 6.45) is 1.64. The summed E-state index contributed by atoms with van der Waals surface area (Å²) in [5.41, 5.74) is 1.30.